The summed E-state index contributed by atoms with van der Waals surface area (Å²) in [6.07, 6.45) is 4.76. The Morgan fingerprint density at radius 1 is 1.26 bits per heavy atom. The van der Waals surface area contributed by atoms with Gasteiger partial charge in [-0.15, -0.1) is 0 Å². The molecule has 1 amide bonds. The number of ether oxygens (including phenoxy) is 4. The zero-order valence-electron chi connectivity index (χ0n) is 20.6. The number of carbonyl (C=O) groups excluding carboxylic acids is 2. The highest BCUT2D eigenvalue weighted by Gasteiger charge is 2.76. The van der Waals surface area contributed by atoms with Gasteiger partial charge in [-0.25, -0.2) is 0 Å². The predicted octanol–water partition coefficient (Wildman–Crippen LogP) is 2.19. The van der Waals surface area contributed by atoms with Crippen LogP contribution in [-0.4, -0.2) is 81.6 Å². The summed E-state index contributed by atoms with van der Waals surface area (Å²) >= 11 is 0. The van der Waals surface area contributed by atoms with E-state index in [9.17, 15) is 9.59 Å². The van der Waals surface area contributed by atoms with Gasteiger partial charge in [-0.3, -0.25) is 9.59 Å². The van der Waals surface area contributed by atoms with Crippen LogP contribution in [0, 0.1) is 11.8 Å². The van der Waals surface area contributed by atoms with Gasteiger partial charge < -0.3 is 28.3 Å². The number of hydrogen-bond donors (Lipinski definition) is 0. The number of carbonyl (C=O) groups is 2. The van der Waals surface area contributed by atoms with E-state index in [1.807, 2.05) is 6.07 Å². The van der Waals surface area contributed by atoms with Crippen molar-refractivity contribution in [2.45, 2.75) is 49.8 Å². The zero-order chi connectivity index (χ0) is 24.1. The number of nitrogens with zero attached hydrogens (tertiary/aromatic N) is 2. The first-order chi connectivity index (χ1) is 16.9. The summed E-state index contributed by atoms with van der Waals surface area (Å²) in [7, 11) is 3.32. The first-order valence-corrected chi connectivity index (χ1v) is 12.8. The van der Waals surface area contributed by atoms with Crippen LogP contribution in [0.4, 0.5) is 5.69 Å². The van der Waals surface area contributed by atoms with Gasteiger partial charge in [0, 0.05) is 31.7 Å². The van der Waals surface area contributed by atoms with Crippen LogP contribution in [0.3, 0.4) is 0 Å². The number of fused-ring (bicyclic) bond motifs is 2. The van der Waals surface area contributed by atoms with E-state index in [2.05, 4.69) is 17.0 Å². The molecule has 186 valence electrons. The highest BCUT2D eigenvalue weighted by Crippen LogP contribution is 2.68. The minimum atomic E-state index is -0.229. The van der Waals surface area contributed by atoms with Gasteiger partial charge in [-0.05, 0) is 23.1 Å². The van der Waals surface area contributed by atoms with Gasteiger partial charge in [-0.2, -0.15) is 0 Å². The molecule has 1 aromatic rings. The van der Waals surface area contributed by atoms with Gasteiger partial charge >= 0.3 is 5.97 Å². The average Bonchev–Trinajstić information content (AvgIpc) is 3.27. The van der Waals surface area contributed by atoms with E-state index < -0.39 is 0 Å². The summed E-state index contributed by atoms with van der Waals surface area (Å²) in [5.41, 5.74) is 3.52. The molecule has 7 rings (SSSR count). The molecule has 7 atom stereocenters. The Balaban J connectivity index is 1.44. The maximum Gasteiger partial charge on any atom is 0.302 e. The van der Waals surface area contributed by atoms with E-state index in [1.165, 1.54) is 18.1 Å². The molecule has 1 unspecified atom stereocenters. The Kier molecular flexibility index (Phi) is 4.48. The van der Waals surface area contributed by atoms with Crippen LogP contribution < -0.4 is 14.4 Å². The van der Waals surface area contributed by atoms with Crippen molar-refractivity contribution in [1.82, 2.24) is 0 Å². The molecule has 5 aliphatic heterocycles. The Morgan fingerprint density at radius 2 is 2.06 bits per heavy atom. The lowest BCUT2D eigenvalue weighted by Gasteiger charge is -2.60. The van der Waals surface area contributed by atoms with Crippen LogP contribution in [0.2, 0.25) is 0 Å². The highest BCUT2D eigenvalue weighted by atomic mass is 16.5. The van der Waals surface area contributed by atoms with Crippen LogP contribution in [0.5, 0.6) is 11.5 Å². The van der Waals surface area contributed by atoms with Crippen molar-refractivity contribution < 1.29 is 33.0 Å². The molecule has 1 spiro atoms. The SMILES string of the molecule is COc1cc2c(cc1OC)[C@@]13CC[N+]4(CCOC(C)=O)CC5=CCO[C@H]6CC(=O)N2[C@H]1[C@H]6[C@H]5C[C@@H]34. The summed E-state index contributed by atoms with van der Waals surface area (Å²) in [6.45, 7) is 5.27. The average molecular weight is 482 g/mol. The van der Waals surface area contributed by atoms with Crippen molar-refractivity contribution in [2.75, 3.05) is 52.0 Å². The molecule has 2 bridgehead atoms. The first kappa shape index (κ1) is 21.7. The van der Waals surface area contributed by atoms with Crippen LogP contribution in [0.1, 0.15) is 31.7 Å². The van der Waals surface area contributed by atoms with E-state index in [4.69, 9.17) is 18.9 Å². The number of hydrogen-bond acceptors (Lipinski definition) is 6. The summed E-state index contributed by atoms with van der Waals surface area (Å²) in [6, 6.07) is 4.58. The highest BCUT2D eigenvalue weighted by molar-refractivity contribution is 5.99. The molecule has 5 heterocycles. The van der Waals surface area contributed by atoms with Crippen molar-refractivity contribution in [3.63, 3.8) is 0 Å². The number of esters is 1. The lowest BCUT2D eigenvalue weighted by atomic mass is 9.53. The van der Waals surface area contributed by atoms with E-state index in [0.29, 0.717) is 43.1 Å². The third-order valence-electron chi connectivity index (χ3n) is 10.1. The second-order valence-corrected chi connectivity index (χ2v) is 11.2. The molecule has 8 heteroatoms. The Hall–Kier alpha value is -2.58. The van der Waals surface area contributed by atoms with Crippen molar-refractivity contribution in [1.29, 1.82) is 0 Å². The number of rotatable bonds is 5. The summed E-state index contributed by atoms with van der Waals surface area (Å²) in [5, 5.41) is 0. The fourth-order valence-corrected chi connectivity index (χ4v) is 9.03. The van der Waals surface area contributed by atoms with Crippen LogP contribution in [0.25, 0.3) is 0 Å². The van der Waals surface area contributed by atoms with Crippen LogP contribution in [-0.2, 0) is 24.5 Å². The van der Waals surface area contributed by atoms with Gasteiger partial charge in [0.25, 0.3) is 0 Å². The number of amides is 1. The molecule has 3 saturated heterocycles. The number of quaternary nitrogens is 1. The topological polar surface area (TPSA) is 74.3 Å². The fourth-order valence-electron chi connectivity index (χ4n) is 9.03. The zero-order valence-corrected chi connectivity index (χ0v) is 20.6. The van der Waals surface area contributed by atoms with Crippen molar-refractivity contribution >= 4 is 17.6 Å². The predicted molar refractivity (Wildman–Crippen MR) is 126 cm³/mol. The molecule has 1 aliphatic carbocycles. The standard InChI is InChI=1S/C27H33N2O6/c1-15(30)34-9-7-29-6-5-27-18-11-20(32-2)21(33-3)12-19(18)28-24(31)13-22-25(26(27)28)17(10-23(27)29)16(14-29)4-8-35-22/h4,11-12,17,22-23,25-26H,5-10,13-14H2,1-3H3/q+1/t17-,22-,23-,25-,26-,27+,29?/m0/s1. The van der Waals surface area contributed by atoms with Gasteiger partial charge in [0.05, 0.1) is 57.0 Å². The van der Waals surface area contributed by atoms with Gasteiger partial charge in [0.15, 0.2) is 11.5 Å². The second-order valence-electron chi connectivity index (χ2n) is 11.2. The maximum atomic E-state index is 13.7. The molecular weight excluding hydrogens is 448 g/mol. The van der Waals surface area contributed by atoms with Crippen molar-refractivity contribution in [3.8, 4) is 11.5 Å². The van der Waals surface area contributed by atoms with Crippen LogP contribution in [0.15, 0.2) is 23.8 Å². The summed E-state index contributed by atoms with van der Waals surface area (Å²) < 4.78 is 24.2. The van der Waals surface area contributed by atoms with Gasteiger partial charge in [0.1, 0.15) is 25.7 Å². The molecular formula is C27H33N2O6+. The Morgan fingerprint density at radius 3 is 2.83 bits per heavy atom. The van der Waals surface area contributed by atoms with E-state index in [1.54, 1.807) is 14.2 Å². The summed E-state index contributed by atoms with van der Waals surface area (Å²) in [5.74, 6) is 2.01. The molecule has 0 aromatic heterocycles. The smallest absolute Gasteiger partial charge is 0.302 e. The monoisotopic (exact) mass is 481 g/mol. The number of methoxy groups -OCH3 is 2. The minimum Gasteiger partial charge on any atom is -0.493 e. The van der Waals surface area contributed by atoms with Gasteiger partial charge in [0.2, 0.25) is 5.91 Å². The summed E-state index contributed by atoms with van der Waals surface area (Å²) in [4.78, 5) is 27.4. The fraction of sp³-hybridized carbons (Fsp3) is 0.630. The van der Waals surface area contributed by atoms with Gasteiger partial charge in [-0.1, -0.05) is 6.08 Å². The van der Waals surface area contributed by atoms with E-state index >= 15 is 0 Å². The number of benzene rings is 1. The third-order valence-corrected chi connectivity index (χ3v) is 10.1. The third kappa shape index (κ3) is 2.59. The molecule has 4 fully saturated rings. The molecule has 8 nitrogen and oxygen atoms in total. The van der Waals surface area contributed by atoms with Crippen molar-refractivity contribution in [2.24, 2.45) is 11.8 Å². The number of piperidine rings is 2. The maximum absolute atomic E-state index is 13.7. The number of anilines is 1. The first-order valence-electron chi connectivity index (χ1n) is 12.8. The van der Waals surface area contributed by atoms with Crippen LogP contribution >= 0.6 is 0 Å². The lowest BCUT2D eigenvalue weighted by Crippen LogP contribution is -2.73. The van der Waals surface area contributed by atoms with E-state index in [0.717, 1.165) is 42.6 Å². The second kappa shape index (κ2) is 7.23. The molecule has 1 saturated carbocycles. The molecule has 35 heavy (non-hydrogen) atoms. The largest absolute Gasteiger partial charge is 0.493 e. The molecule has 0 radical (unpaired) electrons. The minimum absolute atomic E-state index is 0.0416. The quantitative estimate of drug-likeness (QED) is 0.365. The lowest BCUT2D eigenvalue weighted by molar-refractivity contribution is -0.943. The Bertz CT molecular complexity index is 1160. The van der Waals surface area contributed by atoms with Crippen molar-refractivity contribution in [3.05, 3.63) is 29.3 Å². The van der Waals surface area contributed by atoms with E-state index in [-0.39, 0.29) is 35.4 Å². The molecule has 0 N–H and O–H groups in total. The molecule has 6 aliphatic rings. The Labute approximate surface area is 205 Å². The normalized spacial score (nSPS) is 39.5. The molecule has 1 aromatic carbocycles.